The van der Waals surface area contributed by atoms with E-state index in [0.29, 0.717) is 12.7 Å². The fraction of sp³-hybridized carbons (Fsp3) is 0.429. The Morgan fingerprint density at radius 1 is 0.697 bits per heavy atom. The van der Waals surface area contributed by atoms with Gasteiger partial charge in [-0.05, 0) is 69.9 Å². The van der Waals surface area contributed by atoms with E-state index in [1.807, 2.05) is 39.4 Å². The monoisotopic (exact) mass is 450 g/mol. The third-order valence-corrected chi connectivity index (χ3v) is 6.88. The van der Waals surface area contributed by atoms with Gasteiger partial charge in [0.1, 0.15) is 5.82 Å². The first-order valence-electron chi connectivity index (χ1n) is 11.7. The number of nitrogens with zero attached hydrogens (tertiary/aromatic N) is 4. The molecule has 0 radical (unpaired) electrons. The maximum Gasteiger partial charge on any atom is 0.128 e. The SMILES string of the molecule is Cc1cc(C)c(CN2C=CN(C)C2C)c(F)c1.Cc1ccc(CN2C=CN(C)C2C)c(C)c1. The quantitative estimate of drug-likeness (QED) is 0.577. The van der Waals surface area contributed by atoms with Crippen molar-refractivity contribution in [3.05, 3.63) is 94.3 Å². The zero-order chi connectivity index (χ0) is 24.3. The molecule has 0 spiro atoms. The minimum Gasteiger partial charge on any atom is -0.359 e. The fourth-order valence-electron chi connectivity index (χ4n) is 4.27. The molecule has 33 heavy (non-hydrogen) atoms. The lowest BCUT2D eigenvalue weighted by molar-refractivity contribution is 0.187. The van der Waals surface area contributed by atoms with E-state index in [2.05, 4.69) is 84.9 Å². The lowest BCUT2D eigenvalue weighted by Crippen LogP contribution is -2.33. The van der Waals surface area contributed by atoms with E-state index in [-0.39, 0.29) is 12.0 Å². The molecule has 0 N–H and O–H groups in total. The molecule has 178 valence electrons. The molecule has 0 saturated heterocycles. The van der Waals surface area contributed by atoms with Gasteiger partial charge in [-0.1, -0.05) is 29.8 Å². The molecule has 2 unspecified atom stereocenters. The Hall–Kier alpha value is -2.95. The zero-order valence-corrected chi connectivity index (χ0v) is 21.4. The molecule has 5 heteroatoms. The molecular formula is C28H39FN4. The zero-order valence-electron chi connectivity index (χ0n) is 21.4. The van der Waals surface area contributed by atoms with E-state index in [1.54, 1.807) is 6.07 Å². The van der Waals surface area contributed by atoms with Crippen molar-refractivity contribution in [2.45, 2.75) is 67.0 Å². The van der Waals surface area contributed by atoms with Crippen LogP contribution in [0.2, 0.25) is 0 Å². The van der Waals surface area contributed by atoms with Crippen LogP contribution in [0.5, 0.6) is 0 Å². The van der Waals surface area contributed by atoms with Crippen LogP contribution in [-0.4, -0.2) is 46.0 Å². The predicted molar refractivity (Wildman–Crippen MR) is 136 cm³/mol. The van der Waals surface area contributed by atoms with Crippen LogP contribution < -0.4 is 0 Å². The third-order valence-electron chi connectivity index (χ3n) is 6.88. The number of halogens is 1. The van der Waals surface area contributed by atoms with Gasteiger partial charge in [-0.15, -0.1) is 0 Å². The summed E-state index contributed by atoms with van der Waals surface area (Å²) in [6.45, 7) is 14.2. The topological polar surface area (TPSA) is 13.0 Å². The maximum absolute atomic E-state index is 13.9. The molecule has 4 rings (SSSR count). The number of benzene rings is 2. The van der Waals surface area contributed by atoms with Crippen molar-refractivity contribution in [2.75, 3.05) is 14.1 Å². The summed E-state index contributed by atoms with van der Waals surface area (Å²) >= 11 is 0. The summed E-state index contributed by atoms with van der Waals surface area (Å²) in [6.07, 6.45) is 9.09. The standard InChI is InChI=1S/C14H19FN2.C14H20N2/c1-10-7-11(2)13(14(15)8-10)9-17-6-5-16(4)12(17)3;1-11-5-6-14(12(2)9-11)10-16-8-7-15(4)13(16)3/h5-8,12H,9H2,1-4H3;5-9,13H,10H2,1-4H3. The third kappa shape index (κ3) is 5.89. The normalized spacial score (nSPS) is 19.4. The average Bonchev–Trinajstić information content (AvgIpc) is 3.23. The Balaban J connectivity index is 0.000000186. The van der Waals surface area contributed by atoms with Crippen molar-refractivity contribution < 1.29 is 4.39 Å². The number of hydrogen-bond acceptors (Lipinski definition) is 4. The first kappa shape index (κ1) is 24.7. The molecule has 2 aliphatic rings. The van der Waals surface area contributed by atoms with Crippen LogP contribution in [-0.2, 0) is 13.1 Å². The van der Waals surface area contributed by atoms with Crippen LogP contribution in [0.3, 0.4) is 0 Å². The Morgan fingerprint density at radius 3 is 1.73 bits per heavy atom. The second-order valence-corrected chi connectivity index (χ2v) is 9.51. The highest BCUT2D eigenvalue weighted by Gasteiger charge is 2.21. The van der Waals surface area contributed by atoms with Crippen molar-refractivity contribution in [1.82, 2.24) is 19.6 Å². The summed E-state index contributed by atoms with van der Waals surface area (Å²) in [6, 6.07) is 10.3. The minimum absolute atomic E-state index is 0.0994. The smallest absolute Gasteiger partial charge is 0.128 e. The van der Waals surface area contributed by atoms with Gasteiger partial charge >= 0.3 is 0 Å². The number of hydrogen-bond donors (Lipinski definition) is 0. The van der Waals surface area contributed by atoms with E-state index >= 15 is 0 Å². The van der Waals surface area contributed by atoms with Gasteiger partial charge in [0, 0.05) is 57.5 Å². The van der Waals surface area contributed by atoms with Gasteiger partial charge in [-0.25, -0.2) is 4.39 Å². The van der Waals surface area contributed by atoms with E-state index in [4.69, 9.17) is 0 Å². The van der Waals surface area contributed by atoms with E-state index in [1.165, 1.54) is 16.7 Å². The highest BCUT2D eigenvalue weighted by Crippen LogP contribution is 2.22. The van der Waals surface area contributed by atoms with E-state index in [9.17, 15) is 4.39 Å². The molecule has 4 nitrogen and oxygen atoms in total. The van der Waals surface area contributed by atoms with Gasteiger partial charge in [0.05, 0.1) is 12.3 Å². The van der Waals surface area contributed by atoms with Gasteiger partial charge < -0.3 is 19.6 Å². The molecule has 2 aliphatic heterocycles. The van der Waals surface area contributed by atoms with Crippen LogP contribution in [0.15, 0.2) is 55.1 Å². The molecule has 2 atom stereocenters. The first-order chi connectivity index (χ1) is 15.6. The van der Waals surface area contributed by atoms with Gasteiger partial charge in [0.15, 0.2) is 0 Å². The van der Waals surface area contributed by atoms with Crippen LogP contribution in [0.4, 0.5) is 4.39 Å². The lowest BCUT2D eigenvalue weighted by atomic mass is 10.0. The van der Waals surface area contributed by atoms with Gasteiger partial charge in [0.25, 0.3) is 0 Å². The Bertz CT molecular complexity index is 1010. The minimum atomic E-state index is -0.0994. The van der Waals surface area contributed by atoms with Crippen molar-refractivity contribution in [3.8, 4) is 0 Å². The predicted octanol–water partition coefficient (Wildman–Crippen LogP) is 5.88. The van der Waals surface area contributed by atoms with Gasteiger partial charge in [0.2, 0.25) is 0 Å². The van der Waals surface area contributed by atoms with Crippen molar-refractivity contribution in [3.63, 3.8) is 0 Å². The summed E-state index contributed by atoms with van der Waals surface area (Å²) < 4.78 is 13.9. The Kier molecular flexibility index (Phi) is 7.72. The summed E-state index contributed by atoms with van der Waals surface area (Å²) in [5.74, 6) is -0.0994. The van der Waals surface area contributed by atoms with Crippen LogP contribution in [0.25, 0.3) is 0 Å². The van der Waals surface area contributed by atoms with Gasteiger partial charge in [-0.3, -0.25) is 0 Å². The summed E-state index contributed by atoms with van der Waals surface area (Å²) in [5, 5.41) is 0. The molecule has 2 aromatic carbocycles. The highest BCUT2D eigenvalue weighted by atomic mass is 19.1. The highest BCUT2D eigenvalue weighted by molar-refractivity contribution is 5.32. The number of aryl methyl sites for hydroxylation is 4. The summed E-state index contributed by atoms with van der Waals surface area (Å²) in [5.41, 5.74) is 6.93. The van der Waals surface area contributed by atoms with Crippen molar-refractivity contribution in [2.24, 2.45) is 0 Å². The van der Waals surface area contributed by atoms with Crippen molar-refractivity contribution >= 4 is 0 Å². The van der Waals surface area contributed by atoms with Crippen molar-refractivity contribution in [1.29, 1.82) is 0 Å². The molecule has 0 aromatic heterocycles. The molecule has 2 aromatic rings. The molecule has 0 amide bonds. The van der Waals surface area contributed by atoms with Gasteiger partial charge in [-0.2, -0.15) is 0 Å². The summed E-state index contributed by atoms with van der Waals surface area (Å²) in [7, 11) is 4.14. The first-order valence-corrected chi connectivity index (χ1v) is 11.7. The van der Waals surface area contributed by atoms with E-state index < -0.39 is 0 Å². The average molecular weight is 451 g/mol. The lowest BCUT2D eigenvalue weighted by Gasteiger charge is -2.27. The second kappa shape index (κ2) is 10.3. The molecule has 2 heterocycles. The Labute approximate surface area is 199 Å². The molecule has 0 saturated carbocycles. The maximum atomic E-state index is 13.9. The molecular weight excluding hydrogens is 411 g/mol. The van der Waals surface area contributed by atoms with Crippen LogP contribution in [0, 0.1) is 33.5 Å². The van der Waals surface area contributed by atoms with Crippen LogP contribution in [0.1, 0.15) is 47.2 Å². The molecule has 0 aliphatic carbocycles. The fourth-order valence-corrected chi connectivity index (χ4v) is 4.27. The molecule has 0 bridgehead atoms. The largest absolute Gasteiger partial charge is 0.359 e. The number of rotatable bonds is 4. The second-order valence-electron chi connectivity index (χ2n) is 9.51. The van der Waals surface area contributed by atoms with Crippen LogP contribution >= 0.6 is 0 Å². The van der Waals surface area contributed by atoms with E-state index in [0.717, 1.165) is 23.2 Å². The molecule has 0 fully saturated rings. The summed E-state index contributed by atoms with van der Waals surface area (Å²) in [4.78, 5) is 8.84. The Morgan fingerprint density at radius 2 is 1.24 bits per heavy atom.